The third kappa shape index (κ3) is 2.99. The molecule has 104 valence electrons. The molecule has 1 atom stereocenters. The van der Waals surface area contributed by atoms with Crippen molar-refractivity contribution in [2.75, 3.05) is 0 Å². The summed E-state index contributed by atoms with van der Waals surface area (Å²) in [6.45, 7) is 1.42. The van der Waals surface area contributed by atoms with Crippen LogP contribution in [-0.4, -0.2) is 19.5 Å². The Balaban J connectivity index is 2.33. The molecule has 5 heteroatoms. The molecule has 0 fully saturated rings. The summed E-state index contributed by atoms with van der Waals surface area (Å²) < 4.78 is 25.6. The molecule has 20 heavy (non-hydrogen) atoms. The molecule has 0 bridgehead atoms. The number of hydrogen-bond acceptors (Lipinski definition) is 3. The molecule has 0 heterocycles. The zero-order valence-electron chi connectivity index (χ0n) is 10.8. The standard InChI is InChI=1S/C15H13BrO3S/c1-11(15(17)12-7-9-13(16)10-8-12)20(18,19)14-5-3-2-4-6-14/h2-11H,1H3. The van der Waals surface area contributed by atoms with E-state index in [4.69, 9.17) is 0 Å². The Morgan fingerprint density at radius 2 is 1.55 bits per heavy atom. The van der Waals surface area contributed by atoms with Crippen LogP contribution in [0.25, 0.3) is 0 Å². The summed E-state index contributed by atoms with van der Waals surface area (Å²) in [6.07, 6.45) is 0. The Kier molecular flexibility index (Phi) is 4.40. The molecular weight excluding hydrogens is 340 g/mol. The molecule has 0 spiro atoms. The zero-order chi connectivity index (χ0) is 14.8. The molecule has 0 aromatic heterocycles. The van der Waals surface area contributed by atoms with E-state index in [1.165, 1.54) is 19.1 Å². The highest BCUT2D eigenvalue weighted by Crippen LogP contribution is 2.20. The van der Waals surface area contributed by atoms with Crippen molar-refractivity contribution in [2.45, 2.75) is 17.1 Å². The number of sulfone groups is 1. The van der Waals surface area contributed by atoms with Crippen LogP contribution < -0.4 is 0 Å². The topological polar surface area (TPSA) is 51.2 Å². The van der Waals surface area contributed by atoms with Gasteiger partial charge in [-0.3, -0.25) is 4.79 Å². The highest BCUT2D eigenvalue weighted by atomic mass is 79.9. The summed E-state index contributed by atoms with van der Waals surface area (Å²) in [5.41, 5.74) is 0.389. The molecule has 0 saturated heterocycles. The number of Topliss-reactive ketones (excluding diaryl/α,β-unsaturated/α-hetero) is 1. The Labute approximate surface area is 126 Å². The van der Waals surface area contributed by atoms with Crippen LogP contribution in [0.5, 0.6) is 0 Å². The van der Waals surface area contributed by atoms with Gasteiger partial charge in [0.2, 0.25) is 0 Å². The van der Waals surface area contributed by atoms with Crippen molar-refractivity contribution in [1.82, 2.24) is 0 Å². The molecule has 1 unspecified atom stereocenters. The molecular formula is C15H13BrO3S. The Bertz CT molecular complexity index is 707. The largest absolute Gasteiger partial charge is 0.293 e. The van der Waals surface area contributed by atoms with Gasteiger partial charge in [-0.05, 0) is 31.2 Å². The quantitative estimate of drug-likeness (QED) is 0.791. The highest BCUT2D eigenvalue weighted by molar-refractivity contribution is 9.10. The van der Waals surface area contributed by atoms with Crippen LogP contribution in [0.1, 0.15) is 17.3 Å². The summed E-state index contributed by atoms with van der Waals surface area (Å²) in [7, 11) is -3.66. The number of benzene rings is 2. The van der Waals surface area contributed by atoms with Gasteiger partial charge < -0.3 is 0 Å². The van der Waals surface area contributed by atoms with Crippen LogP contribution in [0.2, 0.25) is 0 Å². The van der Waals surface area contributed by atoms with Gasteiger partial charge in [0.25, 0.3) is 0 Å². The number of halogens is 1. The summed E-state index contributed by atoms with van der Waals surface area (Å²) in [5, 5.41) is -1.11. The summed E-state index contributed by atoms with van der Waals surface area (Å²) >= 11 is 3.28. The van der Waals surface area contributed by atoms with Gasteiger partial charge in [-0.2, -0.15) is 0 Å². The lowest BCUT2D eigenvalue weighted by molar-refractivity contribution is 0.0991. The van der Waals surface area contributed by atoms with E-state index in [1.807, 2.05) is 0 Å². The van der Waals surface area contributed by atoms with Crippen molar-refractivity contribution in [3.63, 3.8) is 0 Å². The van der Waals surface area contributed by atoms with E-state index in [-0.39, 0.29) is 4.90 Å². The average molecular weight is 353 g/mol. The van der Waals surface area contributed by atoms with Crippen LogP contribution >= 0.6 is 15.9 Å². The van der Waals surface area contributed by atoms with Crippen molar-refractivity contribution in [3.8, 4) is 0 Å². The number of hydrogen-bond donors (Lipinski definition) is 0. The van der Waals surface area contributed by atoms with Gasteiger partial charge in [0.15, 0.2) is 15.6 Å². The number of rotatable bonds is 4. The summed E-state index contributed by atoms with van der Waals surface area (Å²) in [5.74, 6) is -0.402. The lowest BCUT2D eigenvalue weighted by Crippen LogP contribution is -2.27. The van der Waals surface area contributed by atoms with Gasteiger partial charge in [-0.15, -0.1) is 0 Å². The molecule has 2 aromatic carbocycles. The predicted octanol–water partition coefficient (Wildman–Crippen LogP) is 3.49. The van der Waals surface area contributed by atoms with Crippen LogP contribution in [0, 0.1) is 0 Å². The molecule has 0 saturated carbocycles. The van der Waals surface area contributed by atoms with Crippen molar-refractivity contribution in [2.24, 2.45) is 0 Å². The zero-order valence-corrected chi connectivity index (χ0v) is 13.2. The average Bonchev–Trinajstić information content (AvgIpc) is 2.47. The van der Waals surface area contributed by atoms with Crippen molar-refractivity contribution in [3.05, 3.63) is 64.6 Å². The monoisotopic (exact) mass is 352 g/mol. The molecule has 2 rings (SSSR count). The fourth-order valence-corrected chi connectivity index (χ4v) is 3.43. The van der Waals surface area contributed by atoms with Gasteiger partial charge in [0.05, 0.1) is 4.90 Å². The Hall–Kier alpha value is -1.46. The maximum Gasteiger partial charge on any atom is 0.188 e. The van der Waals surface area contributed by atoms with Gasteiger partial charge in [0, 0.05) is 10.0 Å². The van der Waals surface area contributed by atoms with Crippen molar-refractivity contribution in [1.29, 1.82) is 0 Å². The maximum absolute atomic E-state index is 12.4. The third-order valence-corrected chi connectivity index (χ3v) is 5.64. The van der Waals surface area contributed by atoms with E-state index in [9.17, 15) is 13.2 Å². The normalized spacial score (nSPS) is 12.9. The van der Waals surface area contributed by atoms with E-state index in [1.54, 1.807) is 42.5 Å². The first-order valence-corrected chi connectivity index (χ1v) is 8.35. The SMILES string of the molecule is CC(C(=O)c1ccc(Br)cc1)S(=O)(=O)c1ccccc1. The first-order valence-electron chi connectivity index (χ1n) is 6.01. The molecule has 3 nitrogen and oxygen atoms in total. The van der Waals surface area contributed by atoms with Crippen LogP contribution in [-0.2, 0) is 9.84 Å². The number of carbonyl (C=O) groups is 1. The third-order valence-electron chi connectivity index (χ3n) is 3.04. The molecule has 0 N–H and O–H groups in total. The van der Waals surface area contributed by atoms with Crippen molar-refractivity contribution < 1.29 is 13.2 Å². The fourth-order valence-electron chi connectivity index (χ4n) is 1.80. The fraction of sp³-hybridized carbons (Fsp3) is 0.133. The van der Waals surface area contributed by atoms with Crippen LogP contribution in [0.3, 0.4) is 0 Å². The Morgan fingerprint density at radius 1 is 1.00 bits per heavy atom. The van der Waals surface area contributed by atoms with E-state index in [2.05, 4.69) is 15.9 Å². The molecule has 0 aliphatic heterocycles. The van der Waals surface area contributed by atoms with E-state index in [0.29, 0.717) is 5.56 Å². The molecule has 0 amide bonds. The lowest BCUT2D eigenvalue weighted by atomic mass is 10.1. The summed E-state index contributed by atoms with van der Waals surface area (Å²) in [6, 6.07) is 14.7. The molecule has 0 radical (unpaired) electrons. The second kappa shape index (κ2) is 5.89. The van der Waals surface area contributed by atoms with Gasteiger partial charge in [-0.1, -0.05) is 46.3 Å². The van der Waals surface area contributed by atoms with Gasteiger partial charge in [-0.25, -0.2) is 8.42 Å². The lowest BCUT2D eigenvalue weighted by Gasteiger charge is -2.12. The minimum absolute atomic E-state index is 0.165. The first kappa shape index (κ1) is 14.9. The maximum atomic E-state index is 12.4. The second-order valence-electron chi connectivity index (χ2n) is 4.37. The van der Waals surface area contributed by atoms with Crippen LogP contribution in [0.15, 0.2) is 64.0 Å². The van der Waals surface area contributed by atoms with Gasteiger partial charge >= 0.3 is 0 Å². The predicted molar refractivity (Wildman–Crippen MR) is 81.6 cm³/mol. The number of carbonyl (C=O) groups excluding carboxylic acids is 1. The molecule has 0 aliphatic rings. The smallest absolute Gasteiger partial charge is 0.188 e. The van der Waals surface area contributed by atoms with Gasteiger partial charge in [0.1, 0.15) is 5.25 Å². The number of ketones is 1. The minimum Gasteiger partial charge on any atom is -0.293 e. The summed E-state index contributed by atoms with van der Waals surface area (Å²) in [4.78, 5) is 12.4. The first-order chi connectivity index (χ1) is 9.43. The van der Waals surface area contributed by atoms with Crippen LogP contribution in [0.4, 0.5) is 0 Å². The van der Waals surface area contributed by atoms with E-state index >= 15 is 0 Å². The Morgan fingerprint density at radius 3 is 2.10 bits per heavy atom. The van der Waals surface area contributed by atoms with E-state index < -0.39 is 20.9 Å². The highest BCUT2D eigenvalue weighted by Gasteiger charge is 2.30. The molecule has 2 aromatic rings. The van der Waals surface area contributed by atoms with Crippen molar-refractivity contribution >= 4 is 31.6 Å². The van der Waals surface area contributed by atoms with E-state index in [0.717, 1.165) is 4.47 Å². The second-order valence-corrected chi connectivity index (χ2v) is 7.56. The minimum atomic E-state index is -3.66. The molecule has 0 aliphatic carbocycles.